The van der Waals surface area contributed by atoms with Gasteiger partial charge in [0, 0.05) is 13.1 Å². The Kier molecular flexibility index (Phi) is 7.31. The van der Waals surface area contributed by atoms with Gasteiger partial charge in [0.15, 0.2) is 0 Å². The number of benzene rings is 3. The summed E-state index contributed by atoms with van der Waals surface area (Å²) >= 11 is 0. The maximum absolute atomic E-state index is 12.9. The van der Waals surface area contributed by atoms with Crippen molar-refractivity contribution in [3.63, 3.8) is 0 Å². The van der Waals surface area contributed by atoms with Gasteiger partial charge in [-0.05, 0) is 35.7 Å². The van der Waals surface area contributed by atoms with E-state index in [9.17, 15) is 9.50 Å². The van der Waals surface area contributed by atoms with Crippen LogP contribution in [0, 0.1) is 12.7 Å². The Morgan fingerprint density at radius 3 is 2.21 bits per heavy atom. The molecule has 0 heterocycles. The van der Waals surface area contributed by atoms with Crippen LogP contribution >= 0.6 is 0 Å². The third-order valence-corrected chi connectivity index (χ3v) is 4.56. The summed E-state index contributed by atoms with van der Waals surface area (Å²) in [5.74, 6) is -0.250. The highest BCUT2D eigenvalue weighted by atomic mass is 19.1. The molecule has 2 atom stereocenters. The number of nitrogens with one attached hydrogen (secondary N) is 1. The van der Waals surface area contributed by atoms with E-state index in [4.69, 9.17) is 4.74 Å². The number of aryl methyl sites for hydroxylation is 1. The molecule has 3 aromatic carbocycles. The van der Waals surface area contributed by atoms with Crippen molar-refractivity contribution in [2.45, 2.75) is 25.7 Å². The molecule has 146 valence electrons. The molecule has 3 aromatic rings. The predicted molar refractivity (Wildman–Crippen MR) is 110 cm³/mol. The highest BCUT2D eigenvalue weighted by Crippen LogP contribution is 2.26. The molecular weight excluding hydrogens is 353 g/mol. The fourth-order valence-corrected chi connectivity index (χ4v) is 3.01. The Balaban J connectivity index is 1.55. The third kappa shape index (κ3) is 5.99. The summed E-state index contributed by atoms with van der Waals surface area (Å²) in [5, 5.41) is 13.5. The van der Waals surface area contributed by atoms with E-state index in [0.29, 0.717) is 13.1 Å². The lowest BCUT2D eigenvalue weighted by atomic mass is 10.0. The van der Waals surface area contributed by atoms with Gasteiger partial charge >= 0.3 is 0 Å². The number of halogens is 1. The smallest absolute Gasteiger partial charge is 0.123 e. The van der Waals surface area contributed by atoms with Crippen LogP contribution in [0.15, 0.2) is 78.9 Å². The molecular formula is C24H26FNO2. The van der Waals surface area contributed by atoms with Crippen LogP contribution in [0.1, 0.15) is 28.4 Å². The number of hydrogen-bond donors (Lipinski definition) is 2. The topological polar surface area (TPSA) is 41.5 Å². The van der Waals surface area contributed by atoms with Crippen molar-refractivity contribution in [2.75, 3.05) is 13.2 Å². The van der Waals surface area contributed by atoms with Crippen LogP contribution in [0.25, 0.3) is 0 Å². The van der Waals surface area contributed by atoms with Gasteiger partial charge in [0.25, 0.3) is 0 Å². The van der Waals surface area contributed by atoms with Gasteiger partial charge in [-0.3, -0.25) is 0 Å². The first-order chi connectivity index (χ1) is 13.6. The maximum Gasteiger partial charge on any atom is 0.123 e. The molecule has 0 aromatic heterocycles. The fraction of sp³-hybridized carbons (Fsp3) is 0.250. The summed E-state index contributed by atoms with van der Waals surface area (Å²) in [5.41, 5.74) is 4.28. The van der Waals surface area contributed by atoms with Gasteiger partial charge in [0.1, 0.15) is 11.9 Å². The summed E-state index contributed by atoms with van der Waals surface area (Å²) in [6, 6.07) is 24.6. The third-order valence-electron chi connectivity index (χ3n) is 4.56. The van der Waals surface area contributed by atoms with E-state index in [2.05, 4.69) is 36.5 Å². The SMILES string of the molecule is Cc1ccc([C@@H](OC[C@@H](O)CNCc2ccc(F)cc2)c2ccccc2)cc1. The molecule has 0 radical (unpaired) electrons. The van der Waals surface area contributed by atoms with E-state index in [-0.39, 0.29) is 18.5 Å². The van der Waals surface area contributed by atoms with Gasteiger partial charge in [0.2, 0.25) is 0 Å². The van der Waals surface area contributed by atoms with Crippen LogP contribution in [0.3, 0.4) is 0 Å². The maximum atomic E-state index is 12.9. The molecule has 0 saturated carbocycles. The first-order valence-electron chi connectivity index (χ1n) is 9.48. The Bertz CT molecular complexity index is 835. The Hall–Kier alpha value is -2.53. The highest BCUT2D eigenvalue weighted by molar-refractivity contribution is 5.31. The van der Waals surface area contributed by atoms with Crippen LogP contribution in [0.2, 0.25) is 0 Å². The van der Waals surface area contributed by atoms with Crippen LogP contribution in [0.5, 0.6) is 0 Å². The molecule has 3 nitrogen and oxygen atoms in total. The molecule has 28 heavy (non-hydrogen) atoms. The number of aliphatic hydroxyl groups excluding tert-OH is 1. The molecule has 0 aliphatic heterocycles. The second-order valence-corrected chi connectivity index (χ2v) is 6.95. The van der Waals surface area contributed by atoms with E-state index in [1.165, 1.54) is 17.7 Å². The molecule has 4 heteroatoms. The molecule has 0 aliphatic rings. The molecule has 0 saturated heterocycles. The van der Waals surface area contributed by atoms with Gasteiger partial charge in [-0.15, -0.1) is 0 Å². The second kappa shape index (κ2) is 10.1. The van der Waals surface area contributed by atoms with E-state index in [0.717, 1.165) is 16.7 Å². The fourth-order valence-electron chi connectivity index (χ4n) is 3.01. The van der Waals surface area contributed by atoms with E-state index < -0.39 is 6.10 Å². The van der Waals surface area contributed by atoms with Gasteiger partial charge in [0.05, 0.1) is 12.7 Å². The quantitative estimate of drug-likeness (QED) is 0.579. The summed E-state index contributed by atoms with van der Waals surface area (Å²) in [4.78, 5) is 0. The monoisotopic (exact) mass is 379 g/mol. The first kappa shape index (κ1) is 20.2. The van der Waals surface area contributed by atoms with Gasteiger partial charge in [-0.25, -0.2) is 4.39 Å². The van der Waals surface area contributed by atoms with Crippen LogP contribution in [-0.2, 0) is 11.3 Å². The van der Waals surface area contributed by atoms with Crippen molar-refractivity contribution in [3.8, 4) is 0 Å². The van der Waals surface area contributed by atoms with Crippen molar-refractivity contribution in [2.24, 2.45) is 0 Å². The molecule has 0 bridgehead atoms. The molecule has 0 unspecified atom stereocenters. The van der Waals surface area contributed by atoms with Crippen molar-refractivity contribution in [1.29, 1.82) is 0 Å². The molecule has 3 rings (SSSR count). The lowest BCUT2D eigenvalue weighted by Crippen LogP contribution is -2.30. The second-order valence-electron chi connectivity index (χ2n) is 6.95. The van der Waals surface area contributed by atoms with E-state index >= 15 is 0 Å². The average molecular weight is 379 g/mol. The molecule has 0 amide bonds. The lowest BCUT2D eigenvalue weighted by Gasteiger charge is -2.21. The highest BCUT2D eigenvalue weighted by Gasteiger charge is 2.16. The Morgan fingerprint density at radius 1 is 0.893 bits per heavy atom. The number of hydrogen-bond acceptors (Lipinski definition) is 3. The summed E-state index contributed by atoms with van der Waals surface area (Å²) in [6.45, 7) is 3.23. The van der Waals surface area contributed by atoms with E-state index in [1.54, 1.807) is 12.1 Å². The van der Waals surface area contributed by atoms with Gasteiger partial charge < -0.3 is 15.2 Å². The summed E-state index contributed by atoms with van der Waals surface area (Å²) in [6.07, 6.45) is -0.870. The minimum atomic E-state index is -0.642. The summed E-state index contributed by atoms with van der Waals surface area (Å²) < 4.78 is 19.0. The normalized spacial score (nSPS) is 13.2. The van der Waals surface area contributed by atoms with Crippen molar-refractivity contribution in [1.82, 2.24) is 5.32 Å². The number of ether oxygens (including phenoxy) is 1. The minimum Gasteiger partial charge on any atom is -0.389 e. The van der Waals surface area contributed by atoms with Crippen molar-refractivity contribution >= 4 is 0 Å². The Labute approximate surface area is 165 Å². The zero-order valence-electron chi connectivity index (χ0n) is 16.0. The van der Waals surface area contributed by atoms with E-state index in [1.807, 2.05) is 30.3 Å². The Morgan fingerprint density at radius 2 is 1.54 bits per heavy atom. The average Bonchev–Trinajstić information content (AvgIpc) is 2.72. The summed E-state index contributed by atoms with van der Waals surface area (Å²) in [7, 11) is 0. The minimum absolute atomic E-state index is 0.212. The largest absolute Gasteiger partial charge is 0.389 e. The molecule has 0 fully saturated rings. The lowest BCUT2D eigenvalue weighted by molar-refractivity contribution is 0.00649. The molecule has 0 aliphatic carbocycles. The predicted octanol–water partition coefficient (Wildman–Crippen LogP) is 4.39. The van der Waals surface area contributed by atoms with Crippen LogP contribution in [-0.4, -0.2) is 24.4 Å². The molecule has 0 spiro atoms. The van der Waals surface area contributed by atoms with Crippen LogP contribution < -0.4 is 5.32 Å². The zero-order valence-corrected chi connectivity index (χ0v) is 16.0. The van der Waals surface area contributed by atoms with Gasteiger partial charge in [-0.1, -0.05) is 72.3 Å². The first-order valence-corrected chi connectivity index (χ1v) is 9.48. The number of rotatable bonds is 9. The standard InChI is InChI=1S/C24H26FNO2/c1-18-7-11-21(12-8-18)24(20-5-3-2-4-6-20)28-17-23(27)16-26-15-19-9-13-22(25)14-10-19/h2-14,23-24,26-27H,15-17H2,1H3/t23-,24-/m0/s1. The van der Waals surface area contributed by atoms with Gasteiger partial charge in [-0.2, -0.15) is 0 Å². The molecule has 2 N–H and O–H groups in total. The number of aliphatic hydroxyl groups is 1. The van der Waals surface area contributed by atoms with Crippen molar-refractivity contribution < 1.29 is 14.2 Å². The van der Waals surface area contributed by atoms with Crippen LogP contribution in [0.4, 0.5) is 4.39 Å². The zero-order chi connectivity index (χ0) is 19.8. The van der Waals surface area contributed by atoms with Crippen molar-refractivity contribution in [3.05, 3.63) is 107 Å².